The number of carboxylic acids is 1. The summed E-state index contributed by atoms with van der Waals surface area (Å²) < 4.78 is 0.636. The van der Waals surface area contributed by atoms with E-state index in [4.69, 9.17) is 16.7 Å². The monoisotopic (exact) mass is 273 g/mol. The fourth-order valence-corrected chi connectivity index (χ4v) is 3.23. The highest BCUT2D eigenvalue weighted by molar-refractivity contribution is 7.20. The van der Waals surface area contributed by atoms with Crippen LogP contribution in [0, 0.1) is 0 Å². The summed E-state index contributed by atoms with van der Waals surface area (Å²) in [5.74, 6) is -0.934. The van der Waals surface area contributed by atoms with Crippen LogP contribution in [0.3, 0.4) is 0 Å². The van der Waals surface area contributed by atoms with Gasteiger partial charge in [0, 0.05) is 0 Å². The molecule has 0 aliphatic carbocycles. The van der Waals surface area contributed by atoms with Crippen molar-refractivity contribution in [2.24, 2.45) is 0 Å². The zero-order chi connectivity index (χ0) is 11.7. The van der Waals surface area contributed by atoms with Crippen molar-refractivity contribution in [1.29, 1.82) is 0 Å². The third kappa shape index (κ3) is 2.11. The van der Waals surface area contributed by atoms with Crippen LogP contribution in [-0.2, 0) is 6.42 Å². The molecule has 1 N–H and O–H groups in total. The van der Waals surface area contributed by atoms with Crippen LogP contribution < -0.4 is 0 Å². The lowest BCUT2D eigenvalue weighted by Gasteiger charge is -1.92. The van der Waals surface area contributed by atoms with E-state index in [1.807, 2.05) is 6.92 Å². The number of hydrogen-bond acceptors (Lipinski definition) is 4. The van der Waals surface area contributed by atoms with Crippen molar-refractivity contribution in [2.75, 3.05) is 0 Å². The summed E-state index contributed by atoms with van der Waals surface area (Å²) in [5.41, 5.74) is 0.534. The van der Waals surface area contributed by atoms with Crippen molar-refractivity contribution in [1.82, 2.24) is 4.98 Å². The van der Waals surface area contributed by atoms with Gasteiger partial charge in [-0.2, -0.15) is 0 Å². The van der Waals surface area contributed by atoms with Crippen LogP contribution in [-0.4, -0.2) is 16.1 Å². The number of hydrogen-bond donors (Lipinski definition) is 1. The zero-order valence-corrected chi connectivity index (χ0v) is 10.7. The predicted octanol–water partition coefficient (Wildman–Crippen LogP) is 3.79. The van der Waals surface area contributed by atoms with Crippen LogP contribution in [0.15, 0.2) is 12.1 Å². The van der Waals surface area contributed by atoms with E-state index in [1.165, 1.54) is 22.7 Å². The minimum atomic E-state index is -0.934. The van der Waals surface area contributed by atoms with E-state index in [9.17, 15) is 4.79 Å². The Hall–Kier alpha value is -0.910. The number of aromatic nitrogens is 1. The second-order valence-electron chi connectivity index (χ2n) is 3.05. The molecule has 6 heteroatoms. The molecule has 0 radical (unpaired) electrons. The second-order valence-corrected chi connectivity index (χ2v) is 5.85. The van der Waals surface area contributed by atoms with E-state index < -0.39 is 5.97 Å². The highest BCUT2D eigenvalue weighted by Gasteiger charge is 2.19. The van der Waals surface area contributed by atoms with E-state index in [0.717, 1.165) is 16.3 Å². The van der Waals surface area contributed by atoms with Gasteiger partial charge in [0.25, 0.3) is 0 Å². The normalized spacial score (nSPS) is 10.6. The first kappa shape index (κ1) is 11.6. The number of halogens is 1. The van der Waals surface area contributed by atoms with Crippen LogP contribution in [0.1, 0.15) is 21.6 Å². The van der Waals surface area contributed by atoms with Gasteiger partial charge in [-0.1, -0.05) is 18.5 Å². The molecule has 0 unspecified atom stereocenters. The van der Waals surface area contributed by atoms with E-state index in [0.29, 0.717) is 10.0 Å². The van der Waals surface area contributed by atoms with Crippen molar-refractivity contribution in [3.63, 3.8) is 0 Å². The van der Waals surface area contributed by atoms with Crippen molar-refractivity contribution in [3.8, 4) is 10.6 Å². The molecule has 0 fully saturated rings. The van der Waals surface area contributed by atoms with Gasteiger partial charge in [0.2, 0.25) is 0 Å². The Morgan fingerprint density at radius 2 is 2.25 bits per heavy atom. The maximum absolute atomic E-state index is 11.1. The van der Waals surface area contributed by atoms with E-state index in [2.05, 4.69) is 4.98 Å². The van der Waals surface area contributed by atoms with Crippen LogP contribution in [0.25, 0.3) is 10.6 Å². The molecule has 2 aromatic heterocycles. The number of aryl methyl sites for hydroxylation is 1. The molecule has 0 aliphatic rings. The minimum Gasteiger partial charge on any atom is -0.477 e. The lowest BCUT2D eigenvalue weighted by Crippen LogP contribution is -1.94. The average Bonchev–Trinajstić information content (AvgIpc) is 2.82. The number of carbonyl (C=O) groups is 1. The summed E-state index contributed by atoms with van der Waals surface area (Å²) >= 11 is 8.40. The summed E-state index contributed by atoms with van der Waals surface area (Å²) in [6.45, 7) is 1.95. The Kier molecular flexibility index (Phi) is 3.28. The van der Waals surface area contributed by atoms with Gasteiger partial charge in [-0.3, -0.25) is 0 Å². The first-order valence-corrected chi connectivity index (χ1v) is 6.61. The quantitative estimate of drug-likeness (QED) is 0.926. The van der Waals surface area contributed by atoms with Crippen LogP contribution in [0.4, 0.5) is 0 Å². The Labute approximate surface area is 105 Å². The molecule has 0 saturated heterocycles. The highest BCUT2D eigenvalue weighted by Crippen LogP contribution is 2.35. The lowest BCUT2D eigenvalue weighted by molar-refractivity contribution is 0.0703. The number of aromatic carboxylic acids is 1. The summed E-state index contributed by atoms with van der Waals surface area (Å²) in [6, 6.07) is 3.55. The lowest BCUT2D eigenvalue weighted by atomic mass is 10.3. The van der Waals surface area contributed by atoms with Gasteiger partial charge in [0.1, 0.15) is 10.6 Å². The van der Waals surface area contributed by atoms with E-state index in [1.54, 1.807) is 12.1 Å². The maximum atomic E-state index is 11.1. The van der Waals surface area contributed by atoms with Gasteiger partial charge in [0.05, 0.1) is 14.2 Å². The van der Waals surface area contributed by atoms with Gasteiger partial charge in [-0.15, -0.1) is 22.7 Å². The topological polar surface area (TPSA) is 50.2 Å². The molecular weight excluding hydrogens is 266 g/mol. The smallest absolute Gasteiger partial charge is 0.348 e. The van der Waals surface area contributed by atoms with Gasteiger partial charge in [0.15, 0.2) is 0 Å². The molecule has 0 saturated carbocycles. The summed E-state index contributed by atoms with van der Waals surface area (Å²) in [4.78, 5) is 16.5. The molecule has 2 rings (SSSR count). The summed E-state index contributed by atoms with van der Waals surface area (Å²) in [7, 11) is 0. The molecule has 84 valence electrons. The van der Waals surface area contributed by atoms with Crippen molar-refractivity contribution in [2.45, 2.75) is 13.3 Å². The molecular formula is C10H8ClNO2S2. The number of rotatable bonds is 3. The number of nitrogens with zero attached hydrogens (tertiary/aromatic N) is 1. The van der Waals surface area contributed by atoms with Crippen LogP contribution in [0.5, 0.6) is 0 Å². The number of thiophene rings is 1. The molecule has 0 spiro atoms. The maximum Gasteiger partial charge on any atom is 0.348 e. The molecule has 2 heterocycles. The van der Waals surface area contributed by atoms with Crippen molar-refractivity contribution >= 4 is 40.2 Å². The Morgan fingerprint density at radius 3 is 2.75 bits per heavy atom. The third-order valence-electron chi connectivity index (χ3n) is 1.97. The average molecular weight is 274 g/mol. The molecule has 0 aliphatic heterocycles. The highest BCUT2D eigenvalue weighted by atomic mass is 35.5. The SMILES string of the molecule is CCc1nc(-c2ccc(Cl)s2)c(C(=O)O)s1. The fourth-order valence-electron chi connectivity index (χ4n) is 1.27. The summed E-state index contributed by atoms with van der Waals surface area (Å²) in [5, 5.41) is 9.92. The van der Waals surface area contributed by atoms with Crippen molar-refractivity contribution in [3.05, 3.63) is 26.4 Å². The molecule has 0 aromatic carbocycles. The third-order valence-corrected chi connectivity index (χ3v) is 4.40. The summed E-state index contributed by atoms with van der Waals surface area (Å²) in [6.07, 6.45) is 0.740. The number of thiazole rings is 1. The minimum absolute atomic E-state index is 0.287. The first-order chi connectivity index (χ1) is 7.61. The molecule has 0 atom stereocenters. The van der Waals surface area contributed by atoms with Crippen LogP contribution >= 0.6 is 34.3 Å². The van der Waals surface area contributed by atoms with Crippen LogP contribution in [0.2, 0.25) is 4.34 Å². The Balaban J connectivity index is 2.54. The Bertz CT molecular complexity index is 533. The fraction of sp³-hybridized carbons (Fsp3) is 0.200. The van der Waals surface area contributed by atoms with Crippen molar-refractivity contribution < 1.29 is 9.90 Å². The van der Waals surface area contributed by atoms with Gasteiger partial charge in [-0.25, -0.2) is 9.78 Å². The molecule has 0 bridgehead atoms. The van der Waals surface area contributed by atoms with E-state index in [-0.39, 0.29) is 4.88 Å². The second kappa shape index (κ2) is 4.53. The van der Waals surface area contributed by atoms with Gasteiger partial charge < -0.3 is 5.11 Å². The molecule has 3 nitrogen and oxygen atoms in total. The molecule has 0 amide bonds. The first-order valence-electron chi connectivity index (χ1n) is 4.60. The van der Waals surface area contributed by atoms with Gasteiger partial charge in [-0.05, 0) is 18.6 Å². The molecule has 16 heavy (non-hydrogen) atoms. The zero-order valence-electron chi connectivity index (χ0n) is 8.36. The van der Waals surface area contributed by atoms with Gasteiger partial charge >= 0.3 is 5.97 Å². The number of carboxylic acid groups (broad SMARTS) is 1. The van der Waals surface area contributed by atoms with E-state index >= 15 is 0 Å². The standard InChI is InChI=1S/C10H8ClNO2S2/c1-2-7-12-8(9(16-7)10(13)14)5-3-4-6(11)15-5/h3-4H,2H2,1H3,(H,13,14). The molecule has 2 aromatic rings. The predicted molar refractivity (Wildman–Crippen MR) is 66.8 cm³/mol. The largest absolute Gasteiger partial charge is 0.477 e. The Morgan fingerprint density at radius 1 is 1.50 bits per heavy atom.